The minimum Gasteiger partial charge on any atom is -0.427 e. The lowest BCUT2D eigenvalue weighted by atomic mass is 9.64. The van der Waals surface area contributed by atoms with Gasteiger partial charge in [0.1, 0.15) is 54.9 Å². The van der Waals surface area contributed by atoms with Crippen LogP contribution in [0, 0.1) is 17.8 Å². The van der Waals surface area contributed by atoms with Gasteiger partial charge in [-0.2, -0.15) is 0 Å². The lowest BCUT2D eigenvalue weighted by Gasteiger charge is -2.55. The van der Waals surface area contributed by atoms with Gasteiger partial charge in [0.2, 0.25) is 0 Å². The van der Waals surface area contributed by atoms with Crippen molar-refractivity contribution in [3.05, 3.63) is 0 Å². The lowest BCUT2D eigenvalue weighted by molar-refractivity contribution is -0.383. The highest BCUT2D eigenvalue weighted by Gasteiger charge is 2.62. The SMILES string of the molecule is CC1CC2C(O[C@@H]3O[C@H](CO[C@@H]4O[C@@H](C)[C@H](O)[C@@H](O)[C@H]4O)[C@@H](O)[C@H](O)[C@H]3O)C(C3CC(O)C(O)C(O)C3)[OH+]C3CC(O)CC(O1)C32. The summed E-state index contributed by atoms with van der Waals surface area (Å²) in [5, 5.41) is 105. The van der Waals surface area contributed by atoms with E-state index in [0.29, 0.717) is 19.3 Å². The molecule has 0 aromatic heterocycles. The van der Waals surface area contributed by atoms with Gasteiger partial charge in [-0.1, -0.05) is 0 Å². The van der Waals surface area contributed by atoms with Gasteiger partial charge in [0, 0.05) is 24.7 Å². The third kappa shape index (κ3) is 6.63. The van der Waals surface area contributed by atoms with Crippen LogP contribution in [0.2, 0.25) is 0 Å². The van der Waals surface area contributed by atoms with E-state index in [9.17, 15) is 51.1 Å². The largest absolute Gasteiger partial charge is 0.427 e. The number of aliphatic hydroxyl groups is 12. The zero-order valence-electron chi connectivity index (χ0n) is 25.9. The van der Waals surface area contributed by atoms with Crippen molar-refractivity contribution >= 4 is 0 Å². The van der Waals surface area contributed by atoms with Crippen molar-refractivity contribution in [2.45, 2.75) is 162 Å². The molecule has 2 aliphatic carbocycles. The van der Waals surface area contributed by atoms with E-state index in [1.165, 1.54) is 6.92 Å². The Morgan fingerprint density at radius 1 is 0.652 bits per heavy atom. The minimum atomic E-state index is -1.72. The quantitative estimate of drug-likeness (QED) is 0.119. The Morgan fingerprint density at radius 3 is 2.00 bits per heavy atom. The van der Waals surface area contributed by atoms with E-state index in [1.54, 1.807) is 0 Å². The van der Waals surface area contributed by atoms with Crippen molar-refractivity contribution < 1.29 is 79.5 Å². The summed E-state index contributed by atoms with van der Waals surface area (Å²) in [5.41, 5.74) is 0. The van der Waals surface area contributed by atoms with Crippen LogP contribution in [0.15, 0.2) is 0 Å². The van der Waals surface area contributed by atoms with E-state index >= 15 is 0 Å². The third-order valence-corrected chi connectivity index (χ3v) is 11.1. The molecule has 11 N–H and O–H groups in total. The molecule has 2 saturated carbocycles. The Bertz CT molecular complexity index is 1010. The highest BCUT2D eigenvalue weighted by molar-refractivity contribution is 5.05. The van der Waals surface area contributed by atoms with Crippen molar-refractivity contribution in [2.75, 3.05) is 6.61 Å². The van der Waals surface area contributed by atoms with Crippen LogP contribution in [0.1, 0.15) is 46.0 Å². The molecule has 0 bridgehead atoms. The van der Waals surface area contributed by atoms with Crippen LogP contribution in [0.4, 0.5) is 0 Å². The molecule has 0 aromatic rings. The average Bonchev–Trinajstić information content (AvgIpc) is 3.00. The van der Waals surface area contributed by atoms with Gasteiger partial charge in [-0.3, -0.25) is 0 Å². The fourth-order valence-corrected chi connectivity index (χ4v) is 8.64. The summed E-state index contributed by atoms with van der Waals surface area (Å²) in [6.07, 6.45) is -19.4. The van der Waals surface area contributed by atoms with E-state index in [-0.39, 0.29) is 43.0 Å². The molecule has 0 aromatic carbocycles. The predicted molar refractivity (Wildman–Crippen MR) is 152 cm³/mol. The maximum absolute atomic E-state index is 11.0. The fourth-order valence-electron chi connectivity index (χ4n) is 8.64. The van der Waals surface area contributed by atoms with Crippen molar-refractivity contribution in [1.82, 2.24) is 0 Å². The molecule has 4 saturated heterocycles. The first-order chi connectivity index (χ1) is 21.7. The summed E-state index contributed by atoms with van der Waals surface area (Å²) >= 11 is 0. The van der Waals surface area contributed by atoms with E-state index in [0.717, 1.165) is 0 Å². The number of rotatable bonds is 6. The zero-order chi connectivity index (χ0) is 33.2. The molecule has 4 heterocycles. The van der Waals surface area contributed by atoms with Crippen LogP contribution < -0.4 is 0 Å². The van der Waals surface area contributed by atoms with Gasteiger partial charge in [-0.15, -0.1) is 0 Å². The Balaban J connectivity index is 1.23. The molecule has 0 spiro atoms. The van der Waals surface area contributed by atoms with Gasteiger partial charge in [0.05, 0.1) is 49.1 Å². The highest BCUT2D eigenvalue weighted by atomic mass is 16.7. The monoisotopic (exact) mass is 667 g/mol. The summed E-state index contributed by atoms with van der Waals surface area (Å²) in [4.78, 5) is 0. The van der Waals surface area contributed by atoms with Crippen LogP contribution in [-0.4, -0.2) is 179 Å². The number of hydrogen-bond acceptors (Lipinski definition) is 15. The lowest BCUT2D eigenvalue weighted by Crippen LogP contribution is -2.68. The fraction of sp³-hybridized carbons (Fsp3) is 1.00. The first-order valence-electron chi connectivity index (χ1n) is 16.5. The molecule has 46 heavy (non-hydrogen) atoms. The summed E-state index contributed by atoms with van der Waals surface area (Å²) in [7, 11) is 0. The van der Waals surface area contributed by atoms with Crippen LogP contribution in [0.5, 0.6) is 0 Å². The van der Waals surface area contributed by atoms with Gasteiger partial charge in [-0.05, 0) is 33.1 Å². The second-order valence-electron chi connectivity index (χ2n) is 14.3. The summed E-state index contributed by atoms with van der Waals surface area (Å²) in [5.74, 6) is -0.766. The third-order valence-electron chi connectivity index (χ3n) is 11.1. The molecule has 0 radical (unpaired) electrons. The Morgan fingerprint density at radius 2 is 1.30 bits per heavy atom. The van der Waals surface area contributed by atoms with Crippen LogP contribution in [0.3, 0.4) is 0 Å². The Hall–Kier alpha value is -0.640. The topological polar surface area (TPSA) is 261 Å². The second kappa shape index (κ2) is 13.9. The summed E-state index contributed by atoms with van der Waals surface area (Å²) in [6, 6.07) is 0. The number of ether oxygens (including phenoxy) is 6. The maximum atomic E-state index is 11.0. The van der Waals surface area contributed by atoms with Gasteiger partial charge in [0.25, 0.3) is 0 Å². The molecule has 4 aliphatic heterocycles. The molecule has 6 fully saturated rings. The normalized spacial score (nSPS) is 57.9. The van der Waals surface area contributed by atoms with Gasteiger partial charge in [-0.25, -0.2) is 0 Å². The molecule has 20 atom stereocenters. The molecule has 6 rings (SSSR count). The molecule has 266 valence electrons. The first-order valence-corrected chi connectivity index (χ1v) is 16.5. The first kappa shape index (κ1) is 35.2. The molecular formula is C30H51O16+. The van der Waals surface area contributed by atoms with Crippen molar-refractivity contribution in [3.63, 3.8) is 0 Å². The van der Waals surface area contributed by atoms with Crippen LogP contribution in [0.25, 0.3) is 0 Å². The average molecular weight is 668 g/mol. The zero-order valence-corrected chi connectivity index (χ0v) is 25.9. The van der Waals surface area contributed by atoms with Crippen molar-refractivity contribution in [3.8, 4) is 0 Å². The standard InChI is InChI=1S/C30H50O16/c1-9-3-13-19-16(42-9)6-12(31)7-17(19)44-27(11-4-14(32)21(35)15(33)5-11)28(13)46-30-26(40)24(38)22(36)18(45-30)8-41-29-25(39)23(37)20(34)10(2)43-29/h9-40H,3-8H2,1-2H3/p+1/t9?,10-,11?,12?,13?,14?,15?,16?,17?,18+,19?,20-,21?,22+,23+,24-,25+,26+,27?,28?,29+,30-/m0/s1. The van der Waals surface area contributed by atoms with Gasteiger partial charge >= 0.3 is 0 Å². The summed E-state index contributed by atoms with van der Waals surface area (Å²) < 4.78 is 34.9. The number of hydrogen-bond donors (Lipinski definition) is 10. The maximum Gasteiger partial charge on any atom is 0.187 e. The van der Waals surface area contributed by atoms with Crippen molar-refractivity contribution in [1.29, 1.82) is 0 Å². The Labute approximate surface area is 266 Å². The van der Waals surface area contributed by atoms with Crippen molar-refractivity contribution in [2.24, 2.45) is 17.8 Å². The van der Waals surface area contributed by atoms with E-state index in [1.807, 2.05) is 6.92 Å². The number of aliphatic hydroxyl groups excluding tert-OH is 10. The molecule has 6 aliphatic rings. The predicted octanol–water partition coefficient (Wildman–Crippen LogP) is -4.64. The highest BCUT2D eigenvalue weighted by Crippen LogP contribution is 2.50. The van der Waals surface area contributed by atoms with E-state index in [4.69, 9.17) is 28.4 Å². The molecule has 0 amide bonds. The molecular weight excluding hydrogens is 616 g/mol. The van der Waals surface area contributed by atoms with Gasteiger partial charge < -0.3 is 79.5 Å². The van der Waals surface area contributed by atoms with E-state index < -0.39 is 111 Å². The smallest absolute Gasteiger partial charge is 0.187 e. The van der Waals surface area contributed by atoms with Crippen LogP contribution >= 0.6 is 0 Å². The molecule has 16 heteroatoms. The minimum absolute atomic E-state index is 0.128. The van der Waals surface area contributed by atoms with Gasteiger partial charge in [0.15, 0.2) is 24.8 Å². The van der Waals surface area contributed by atoms with E-state index in [2.05, 4.69) is 0 Å². The molecule has 16 nitrogen and oxygen atoms in total. The Kier molecular flexibility index (Phi) is 10.7. The molecule has 10 unspecified atom stereocenters. The second-order valence-corrected chi connectivity index (χ2v) is 14.3. The summed E-state index contributed by atoms with van der Waals surface area (Å²) in [6.45, 7) is 2.97. The van der Waals surface area contributed by atoms with Crippen LogP contribution in [-0.2, 0) is 23.7 Å².